The second kappa shape index (κ2) is 5.10. The van der Waals surface area contributed by atoms with Gasteiger partial charge in [-0.1, -0.05) is 43.2 Å². The fraction of sp³-hybridized carbons (Fsp3) is 0.412. The van der Waals surface area contributed by atoms with Crippen molar-refractivity contribution in [2.45, 2.75) is 44.1 Å². The zero-order valence-corrected chi connectivity index (χ0v) is 12.2. The third-order valence-electron chi connectivity index (χ3n) is 4.44. The van der Waals surface area contributed by atoms with E-state index in [1.165, 1.54) is 35.3 Å². The van der Waals surface area contributed by atoms with Crippen LogP contribution in [0.4, 0.5) is 0 Å². The molecule has 0 saturated heterocycles. The minimum absolute atomic E-state index is 0.169. The summed E-state index contributed by atoms with van der Waals surface area (Å²) < 4.78 is 0. The average Bonchev–Trinajstić information content (AvgIpc) is 2.87. The summed E-state index contributed by atoms with van der Waals surface area (Å²) in [6.07, 6.45) is 4.85. The molecule has 2 unspecified atom stereocenters. The van der Waals surface area contributed by atoms with Crippen LogP contribution in [0, 0.1) is 6.92 Å². The lowest BCUT2D eigenvalue weighted by molar-refractivity contribution is 0.258. The van der Waals surface area contributed by atoms with Gasteiger partial charge in [0.1, 0.15) is 0 Å². The average molecular weight is 271 g/mol. The minimum atomic E-state index is -0.169. The number of rotatable bonds is 2. The zero-order valence-electron chi connectivity index (χ0n) is 11.4. The quantitative estimate of drug-likeness (QED) is 0.851. The zero-order chi connectivity index (χ0) is 13.3. The van der Waals surface area contributed by atoms with Gasteiger partial charge in [-0.15, -0.1) is 11.3 Å². The Morgan fingerprint density at radius 1 is 1.16 bits per heavy atom. The molecule has 1 aromatic carbocycles. The van der Waals surface area contributed by atoms with Crippen molar-refractivity contribution in [3.05, 3.63) is 57.8 Å². The maximum atomic E-state index is 6.91. The van der Waals surface area contributed by atoms with Gasteiger partial charge in [0.25, 0.3) is 0 Å². The number of hydrogen-bond acceptors (Lipinski definition) is 2. The van der Waals surface area contributed by atoms with E-state index in [0.29, 0.717) is 5.92 Å². The molecule has 1 heterocycles. The van der Waals surface area contributed by atoms with E-state index in [-0.39, 0.29) is 5.54 Å². The van der Waals surface area contributed by atoms with Crippen LogP contribution in [0.3, 0.4) is 0 Å². The molecule has 0 aliphatic heterocycles. The van der Waals surface area contributed by atoms with E-state index < -0.39 is 0 Å². The molecular weight excluding hydrogens is 250 g/mol. The summed E-state index contributed by atoms with van der Waals surface area (Å²) in [5.41, 5.74) is 9.50. The summed E-state index contributed by atoms with van der Waals surface area (Å²) in [5.74, 6) is 0.458. The van der Waals surface area contributed by atoms with Crippen LogP contribution in [0.25, 0.3) is 0 Å². The van der Waals surface area contributed by atoms with Gasteiger partial charge in [0.2, 0.25) is 0 Å². The molecule has 1 aliphatic rings. The number of aryl methyl sites for hydroxylation is 1. The molecule has 1 aromatic heterocycles. The smallest absolute Gasteiger partial charge is 0.0575 e. The summed E-state index contributed by atoms with van der Waals surface area (Å²) in [5, 5.41) is 2.18. The first-order valence-corrected chi connectivity index (χ1v) is 7.98. The van der Waals surface area contributed by atoms with Crippen LogP contribution in [-0.4, -0.2) is 0 Å². The van der Waals surface area contributed by atoms with Gasteiger partial charge >= 0.3 is 0 Å². The van der Waals surface area contributed by atoms with E-state index in [9.17, 15) is 0 Å². The lowest BCUT2D eigenvalue weighted by Gasteiger charge is -2.41. The summed E-state index contributed by atoms with van der Waals surface area (Å²) in [6.45, 7) is 2.19. The Labute approximate surface area is 119 Å². The Bertz CT molecular complexity index is 545. The van der Waals surface area contributed by atoms with E-state index in [1.54, 1.807) is 0 Å². The van der Waals surface area contributed by atoms with Crippen LogP contribution in [0.1, 0.15) is 47.6 Å². The molecule has 2 heteroatoms. The summed E-state index contributed by atoms with van der Waals surface area (Å²) in [4.78, 5) is 1.39. The molecule has 1 nitrogen and oxygen atoms in total. The highest BCUT2D eigenvalue weighted by molar-refractivity contribution is 7.10. The normalized spacial score (nSPS) is 27.4. The molecule has 2 N–H and O–H groups in total. The van der Waals surface area contributed by atoms with Crippen LogP contribution in [-0.2, 0) is 5.54 Å². The molecule has 1 saturated carbocycles. The first-order valence-electron chi connectivity index (χ1n) is 7.10. The molecule has 0 amide bonds. The second-order valence-corrected chi connectivity index (χ2v) is 6.60. The monoisotopic (exact) mass is 271 g/mol. The number of hydrogen-bond donors (Lipinski definition) is 1. The van der Waals surface area contributed by atoms with Gasteiger partial charge in [-0.3, -0.25) is 0 Å². The Balaban J connectivity index is 2.04. The van der Waals surface area contributed by atoms with Crippen molar-refractivity contribution >= 4 is 11.3 Å². The molecule has 2 aromatic rings. The van der Waals surface area contributed by atoms with Crippen molar-refractivity contribution in [3.8, 4) is 0 Å². The lowest BCUT2D eigenvalue weighted by Crippen LogP contribution is -2.44. The first-order chi connectivity index (χ1) is 9.22. The SMILES string of the molecule is Cc1ccsc1C1(N)CCCCC1c1ccccc1. The van der Waals surface area contributed by atoms with E-state index in [1.807, 2.05) is 11.3 Å². The highest BCUT2D eigenvalue weighted by Crippen LogP contribution is 2.47. The topological polar surface area (TPSA) is 26.0 Å². The summed E-state index contributed by atoms with van der Waals surface area (Å²) in [6, 6.07) is 13.0. The van der Waals surface area contributed by atoms with Gasteiger partial charge < -0.3 is 5.73 Å². The minimum Gasteiger partial charge on any atom is -0.320 e. The van der Waals surface area contributed by atoms with Gasteiger partial charge in [-0.2, -0.15) is 0 Å². The van der Waals surface area contributed by atoms with E-state index in [4.69, 9.17) is 5.73 Å². The van der Waals surface area contributed by atoms with Crippen LogP contribution in [0.15, 0.2) is 41.8 Å². The highest BCUT2D eigenvalue weighted by Gasteiger charge is 2.41. The van der Waals surface area contributed by atoms with Crippen molar-refractivity contribution in [2.24, 2.45) is 5.73 Å². The molecule has 1 fully saturated rings. The summed E-state index contributed by atoms with van der Waals surface area (Å²) in [7, 11) is 0. The Morgan fingerprint density at radius 2 is 1.95 bits per heavy atom. The Kier molecular flexibility index (Phi) is 3.46. The lowest BCUT2D eigenvalue weighted by atomic mass is 9.69. The van der Waals surface area contributed by atoms with Gasteiger partial charge in [0.05, 0.1) is 5.54 Å². The van der Waals surface area contributed by atoms with Crippen molar-refractivity contribution in [1.29, 1.82) is 0 Å². The van der Waals surface area contributed by atoms with Crippen LogP contribution >= 0.6 is 11.3 Å². The van der Waals surface area contributed by atoms with Crippen molar-refractivity contribution < 1.29 is 0 Å². The van der Waals surface area contributed by atoms with Crippen molar-refractivity contribution in [3.63, 3.8) is 0 Å². The van der Waals surface area contributed by atoms with Crippen LogP contribution < -0.4 is 5.73 Å². The molecule has 0 bridgehead atoms. The molecule has 0 radical (unpaired) electrons. The molecule has 2 atom stereocenters. The maximum Gasteiger partial charge on any atom is 0.0575 e. The second-order valence-electron chi connectivity index (χ2n) is 5.68. The van der Waals surface area contributed by atoms with Gasteiger partial charge in [-0.25, -0.2) is 0 Å². The summed E-state index contributed by atoms with van der Waals surface area (Å²) >= 11 is 1.83. The number of benzene rings is 1. The Hall–Kier alpha value is -1.12. The maximum absolute atomic E-state index is 6.91. The third-order valence-corrected chi connectivity index (χ3v) is 5.65. The standard InChI is InChI=1S/C17H21NS/c1-13-10-12-19-16(13)17(18)11-6-5-9-15(17)14-7-3-2-4-8-14/h2-4,7-8,10,12,15H,5-6,9,11,18H2,1H3. The van der Waals surface area contributed by atoms with E-state index >= 15 is 0 Å². The van der Waals surface area contributed by atoms with Crippen molar-refractivity contribution in [1.82, 2.24) is 0 Å². The predicted molar refractivity (Wildman–Crippen MR) is 82.6 cm³/mol. The van der Waals surface area contributed by atoms with Gasteiger partial charge in [-0.05, 0) is 42.3 Å². The largest absolute Gasteiger partial charge is 0.320 e. The van der Waals surface area contributed by atoms with Gasteiger partial charge in [0.15, 0.2) is 0 Å². The first kappa shape index (κ1) is 12.9. The molecular formula is C17H21NS. The van der Waals surface area contributed by atoms with Crippen LogP contribution in [0.5, 0.6) is 0 Å². The van der Waals surface area contributed by atoms with Crippen LogP contribution in [0.2, 0.25) is 0 Å². The molecule has 0 spiro atoms. The Morgan fingerprint density at radius 3 is 2.63 bits per heavy atom. The molecule has 19 heavy (non-hydrogen) atoms. The predicted octanol–water partition coefficient (Wildman–Crippen LogP) is 4.57. The molecule has 100 valence electrons. The number of thiophene rings is 1. The fourth-order valence-corrected chi connectivity index (χ4v) is 4.59. The van der Waals surface area contributed by atoms with E-state index in [2.05, 4.69) is 48.7 Å². The number of nitrogens with two attached hydrogens (primary N) is 1. The van der Waals surface area contributed by atoms with Crippen molar-refractivity contribution in [2.75, 3.05) is 0 Å². The molecule has 1 aliphatic carbocycles. The highest BCUT2D eigenvalue weighted by atomic mass is 32.1. The fourth-order valence-electron chi connectivity index (χ4n) is 3.47. The molecule has 3 rings (SSSR count). The van der Waals surface area contributed by atoms with Gasteiger partial charge in [0, 0.05) is 10.8 Å². The van der Waals surface area contributed by atoms with E-state index in [0.717, 1.165) is 6.42 Å². The third kappa shape index (κ3) is 2.24.